The van der Waals surface area contributed by atoms with Crippen molar-refractivity contribution in [3.8, 4) is 5.69 Å². The molecule has 29 heavy (non-hydrogen) atoms. The Kier molecular flexibility index (Phi) is 6.53. The second-order valence-electron chi connectivity index (χ2n) is 7.59. The molecular formula is C19H25F3N6O. The number of nitrogens with zero attached hydrogens (tertiary/aromatic N) is 5. The molecule has 1 aromatic carbocycles. The molecule has 1 aromatic heterocycles. The van der Waals surface area contributed by atoms with Gasteiger partial charge in [-0.15, -0.1) is 0 Å². The Morgan fingerprint density at radius 3 is 2.83 bits per heavy atom. The van der Waals surface area contributed by atoms with E-state index in [1.165, 1.54) is 23.4 Å². The monoisotopic (exact) mass is 410 g/mol. The molecule has 7 nitrogen and oxygen atoms in total. The Hall–Kier alpha value is -2.46. The molecule has 0 radical (unpaired) electrons. The molecule has 0 saturated carbocycles. The summed E-state index contributed by atoms with van der Waals surface area (Å²) in [5.41, 5.74) is -0.475. The summed E-state index contributed by atoms with van der Waals surface area (Å²) in [7, 11) is 3.93. The Morgan fingerprint density at radius 2 is 2.17 bits per heavy atom. The fraction of sp³-hybridized carbons (Fsp3) is 0.526. The van der Waals surface area contributed by atoms with Crippen LogP contribution in [0.1, 0.15) is 18.4 Å². The van der Waals surface area contributed by atoms with Gasteiger partial charge in [0.15, 0.2) is 0 Å². The van der Waals surface area contributed by atoms with Crippen molar-refractivity contribution in [2.45, 2.75) is 19.0 Å². The van der Waals surface area contributed by atoms with Gasteiger partial charge in [0.2, 0.25) is 5.91 Å². The number of aromatic nitrogens is 3. The molecule has 1 aliphatic heterocycles. The highest BCUT2D eigenvalue weighted by Gasteiger charge is 2.31. The van der Waals surface area contributed by atoms with Crippen LogP contribution in [0.4, 0.5) is 18.9 Å². The normalized spacial score (nSPS) is 18.2. The molecular weight excluding hydrogens is 385 g/mol. The van der Waals surface area contributed by atoms with Gasteiger partial charge in [0, 0.05) is 13.1 Å². The van der Waals surface area contributed by atoms with Gasteiger partial charge in [0.25, 0.3) is 0 Å². The predicted molar refractivity (Wildman–Crippen MR) is 103 cm³/mol. The van der Waals surface area contributed by atoms with Crippen molar-refractivity contribution in [3.63, 3.8) is 0 Å². The zero-order valence-corrected chi connectivity index (χ0v) is 16.5. The number of carbonyl (C=O) groups is 1. The second-order valence-corrected chi connectivity index (χ2v) is 7.59. The lowest BCUT2D eigenvalue weighted by molar-refractivity contribution is -0.137. The number of anilines is 1. The van der Waals surface area contributed by atoms with E-state index in [4.69, 9.17) is 0 Å². The Bertz CT molecular complexity index is 824. The van der Waals surface area contributed by atoms with Gasteiger partial charge in [-0.2, -0.15) is 18.3 Å². The molecule has 1 fully saturated rings. The summed E-state index contributed by atoms with van der Waals surface area (Å²) in [4.78, 5) is 20.5. The van der Waals surface area contributed by atoms with Gasteiger partial charge in [-0.25, -0.2) is 9.67 Å². The van der Waals surface area contributed by atoms with E-state index in [9.17, 15) is 18.0 Å². The molecule has 1 saturated heterocycles. The number of likely N-dealkylation sites (tertiary alicyclic amines) is 1. The van der Waals surface area contributed by atoms with Crippen LogP contribution in [-0.2, 0) is 11.0 Å². The Morgan fingerprint density at radius 1 is 1.38 bits per heavy atom. The van der Waals surface area contributed by atoms with E-state index < -0.39 is 11.7 Å². The zero-order chi connectivity index (χ0) is 21.0. The van der Waals surface area contributed by atoms with Crippen molar-refractivity contribution in [1.29, 1.82) is 0 Å². The Balaban J connectivity index is 1.69. The maximum atomic E-state index is 13.1. The summed E-state index contributed by atoms with van der Waals surface area (Å²) >= 11 is 0. The topological polar surface area (TPSA) is 66.3 Å². The van der Waals surface area contributed by atoms with Crippen LogP contribution in [0.3, 0.4) is 0 Å². The van der Waals surface area contributed by atoms with E-state index in [1.54, 1.807) is 0 Å². The van der Waals surface area contributed by atoms with Crippen molar-refractivity contribution in [1.82, 2.24) is 24.6 Å². The first-order valence-electron chi connectivity index (χ1n) is 9.45. The van der Waals surface area contributed by atoms with Gasteiger partial charge in [-0.05, 0) is 57.6 Å². The first kappa shape index (κ1) is 21.3. The molecule has 2 aromatic rings. The average Bonchev–Trinajstić information content (AvgIpc) is 3.15. The summed E-state index contributed by atoms with van der Waals surface area (Å²) in [5.74, 6) is 0.100. The van der Waals surface area contributed by atoms with E-state index in [2.05, 4.69) is 27.3 Å². The molecule has 0 aliphatic carbocycles. The molecule has 2 heterocycles. The minimum atomic E-state index is -4.51. The third kappa shape index (κ3) is 5.77. The third-order valence-corrected chi connectivity index (χ3v) is 4.97. The molecule has 3 rings (SSSR count). The number of benzene rings is 1. The minimum Gasteiger partial charge on any atom is -0.323 e. The number of likely N-dealkylation sites (N-methyl/N-ethyl adjacent to an activating group) is 1. The van der Waals surface area contributed by atoms with Gasteiger partial charge in [0.1, 0.15) is 12.7 Å². The van der Waals surface area contributed by atoms with E-state index >= 15 is 0 Å². The molecule has 0 spiro atoms. The number of amides is 1. The number of nitrogens with one attached hydrogen (secondary N) is 1. The maximum Gasteiger partial charge on any atom is 0.416 e. The lowest BCUT2D eigenvalue weighted by Crippen LogP contribution is -2.40. The van der Waals surface area contributed by atoms with Crippen molar-refractivity contribution >= 4 is 11.6 Å². The van der Waals surface area contributed by atoms with E-state index in [1.807, 2.05) is 11.9 Å². The number of halogens is 3. The highest BCUT2D eigenvalue weighted by Crippen LogP contribution is 2.33. The first-order chi connectivity index (χ1) is 13.7. The number of rotatable bonds is 6. The largest absolute Gasteiger partial charge is 0.416 e. The van der Waals surface area contributed by atoms with Crippen LogP contribution < -0.4 is 5.32 Å². The lowest BCUT2D eigenvalue weighted by Gasteiger charge is -2.32. The highest BCUT2D eigenvalue weighted by molar-refractivity contribution is 5.94. The van der Waals surface area contributed by atoms with Crippen LogP contribution in [-0.4, -0.2) is 70.7 Å². The standard InChI is InChI=1S/C19H25F3N6O/c1-26-7-3-4-14(9-26)10-27(2)11-18(29)25-16-8-15(19(20,21)22)5-6-17(16)28-13-23-12-24-28/h5-6,8,12-14H,3-4,7,9-11H2,1-2H3,(H,25,29). The summed E-state index contributed by atoms with van der Waals surface area (Å²) in [6.07, 6.45) is 0.374. The van der Waals surface area contributed by atoms with Crippen LogP contribution in [0, 0.1) is 5.92 Å². The number of alkyl halides is 3. The van der Waals surface area contributed by atoms with Crippen LogP contribution in [0.25, 0.3) is 5.69 Å². The predicted octanol–water partition coefficient (Wildman–Crippen LogP) is 2.50. The number of carbonyl (C=O) groups excluding carboxylic acids is 1. The second kappa shape index (κ2) is 8.91. The molecule has 10 heteroatoms. The Labute approximate surface area is 167 Å². The van der Waals surface area contributed by atoms with E-state index in [0.717, 1.165) is 44.6 Å². The van der Waals surface area contributed by atoms with Crippen LogP contribution in [0.2, 0.25) is 0 Å². The summed E-state index contributed by atoms with van der Waals surface area (Å²) in [6.45, 7) is 2.92. The lowest BCUT2D eigenvalue weighted by atomic mass is 9.98. The van der Waals surface area contributed by atoms with Crippen molar-refractivity contribution < 1.29 is 18.0 Å². The zero-order valence-electron chi connectivity index (χ0n) is 16.5. The molecule has 1 amide bonds. The third-order valence-electron chi connectivity index (χ3n) is 4.97. The molecule has 158 valence electrons. The van der Waals surface area contributed by atoms with Gasteiger partial charge in [-0.1, -0.05) is 0 Å². The molecule has 1 N–H and O–H groups in total. The first-order valence-corrected chi connectivity index (χ1v) is 9.45. The average molecular weight is 410 g/mol. The maximum absolute atomic E-state index is 13.1. The quantitative estimate of drug-likeness (QED) is 0.793. The number of hydrogen-bond donors (Lipinski definition) is 1. The number of piperidine rings is 1. The smallest absolute Gasteiger partial charge is 0.323 e. The molecule has 0 bridgehead atoms. The van der Waals surface area contributed by atoms with Crippen molar-refractivity contribution in [3.05, 3.63) is 36.4 Å². The fourth-order valence-corrected chi connectivity index (χ4v) is 3.71. The summed E-state index contributed by atoms with van der Waals surface area (Å²) in [6, 6.07) is 3.15. The highest BCUT2D eigenvalue weighted by atomic mass is 19.4. The van der Waals surface area contributed by atoms with E-state index in [-0.39, 0.29) is 18.1 Å². The van der Waals surface area contributed by atoms with E-state index in [0.29, 0.717) is 11.6 Å². The van der Waals surface area contributed by atoms with Gasteiger partial charge < -0.3 is 10.2 Å². The van der Waals surface area contributed by atoms with Crippen LogP contribution in [0.15, 0.2) is 30.9 Å². The van der Waals surface area contributed by atoms with Crippen LogP contribution in [0.5, 0.6) is 0 Å². The van der Waals surface area contributed by atoms with Crippen molar-refractivity contribution in [2.24, 2.45) is 5.92 Å². The van der Waals surface area contributed by atoms with Gasteiger partial charge in [0.05, 0.1) is 23.5 Å². The summed E-state index contributed by atoms with van der Waals surface area (Å²) < 4.78 is 40.7. The molecule has 1 atom stereocenters. The SMILES string of the molecule is CN1CCCC(CN(C)CC(=O)Nc2cc(C(F)(F)F)ccc2-n2cncn2)C1. The summed E-state index contributed by atoms with van der Waals surface area (Å²) in [5, 5.41) is 6.56. The number of hydrogen-bond acceptors (Lipinski definition) is 5. The van der Waals surface area contributed by atoms with Gasteiger partial charge in [-0.3, -0.25) is 9.69 Å². The molecule has 1 aliphatic rings. The molecule has 1 unspecified atom stereocenters. The van der Waals surface area contributed by atoms with Gasteiger partial charge >= 0.3 is 6.18 Å². The fourth-order valence-electron chi connectivity index (χ4n) is 3.71. The minimum absolute atomic E-state index is 0.0427. The van der Waals surface area contributed by atoms with Crippen molar-refractivity contribution in [2.75, 3.05) is 45.6 Å². The van der Waals surface area contributed by atoms with Crippen LogP contribution >= 0.6 is 0 Å².